The molecule has 9 heteroatoms. The SMILES string of the molecule is CC(C)N1CCN(c2ncc(C(C)(C)NC(=O)c3cc4[nH]c5ccccc5c(=O)c4cc3F)cn2)CC1. The molecule has 1 fully saturated rings. The number of H-pyrrole nitrogens is 1. The number of carbonyl (C=O) groups excluding carboxylic acids is 1. The third kappa shape index (κ3) is 4.79. The van der Waals surface area contributed by atoms with Gasteiger partial charge >= 0.3 is 0 Å². The number of aromatic nitrogens is 3. The van der Waals surface area contributed by atoms with Gasteiger partial charge in [-0.05, 0) is 52.0 Å². The highest BCUT2D eigenvalue weighted by Crippen LogP contribution is 2.23. The second kappa shape index (κ2) is 9.55. The molecule has 0 aliphatic carbocycles. The van der Waals surface area contributed by atoms with E-state index in [0.717, 1.165) is 32.2 Å². The van der Waals surface area contributed by atoms with Gasteiger partial charge in [-0.25, -0.2) is 14.4 Å². The van der Waals surface area contributed by atoms with Crippen LogP contribution >= 0.6 is 0 Å². The van der Waals surface area contributed by atoms with Crippen molar-refractivity contribution in [2.75, 3.05) is 31.1 Å². The van der Waals surface area contributed by atoms with Crippen LogP contribution in [0.1, 0.15) is 43.6 Å². The van der Waals surface area contributed by atoms with Gasteiger partial charge in [-0.3, -0.25) is 14.5 Å². The Kier molecular flexibility index (Phi) is 6.41. The molecule has 192 valence electrons. The van der Waals surface area contributed by atoms with Crippen LogP contribution in [0.25, 0.3) is 21.8 Å². The Bertz CT molecular complexity index is 1520. The van der Waals surface area contributed by atoms with Gasteiger partial charge in [-0.1, -0.05) is 12.1 Å². The second-order valence-corrected chi connectivity index (χ2v) is 10.3. The summed E-state index contributed by atoms with van der Waals surface area (Å²) in [5.41, 5.74) is 0.445. The number of hydrogen-bond donors (Lipinski definition) is 2. The maximum absolute atomic E-state index is 15.0. The summed E-state index contributed by atoms with van der Waals surface area (Å²) in [6.45, 7) is 11.7. The van der Waals surface area contributed by atoms with Crippen LogP contribution in [0.4, 0.5) is 10.3 Å². The van der Waals surface area contributed by atoms with E-state index in [9.17, 15) is 9.59 Å². The van der Waals surface area contributed by atoms with E-state index in [4.69, 9.17) is 0 Å². The Morgan fingerprint density at radius 3 is 2.38 bits per heavy atom. The van der Waals surface area contributed by atoms with Gasteiger partial charge in [-0.15, -0.1) is 0 Å². The predicted octanol–water partition coefficient (Wildman–Crippen LogP) is 3.81. The van der Waals surface area contributed by atoms with Gasteiger partial charge in [-0.2, -0.15) is 0 Å². The number of hydrogen-bond acceptors (Lipinski definition) is 6. The van der Waals surface area contributed by atoms with Gasteiger partial charge in [0.05, 0.1) is 16.6 Å². The number of nitrogens with one attached hydrogen (secondary N) is 2. The molecule has 1 aliphatic rings. The number of amides is 1. The number of fused-ring (bicyclic) bond motifs is 2. The van der Waals surface area contributed by atoms with Crippen LogP contribution in [-0.2, 0) is 5.54 Å². The minimum atomic E-state index is -0.857. The molecule has 0 saturated carbocycles. The normalized spacial score (nSPS) is 15.0. The van der Waals surface area contributed by atoms with Crippen molar-refractivity contribution in [3.63, 3.8) is 0 Å². The van der Waals surface area contributed by atoms with Crippen molar-refractivity contribution in [2.45, 2.75) is 39.3 Å². The van der Waals surface area contributed by atoms with Crippen LogP contribution in [0.2, 0.25) is 0 Å². The maximum Gasteiger partial charge on any atom is 0.255 e. The minimum Gasteiger partial charge on any atom is -0.354 e. The van der Waals surface area contributed by atoms with Crippen molar-refractivity contribution in [2.24, 2.45) is 0 Å². The zero-order valence-electron chi connectivity index (χ0n) is 21.5. The Morgan fingerprint density at radius 2 is 1.70 bits per heavy atom. The van der Waals surface area contributed by atoms with E-state index >= 15 is 4.39 Å². The van der Waals surface area contributed by atoms with E-state index in [1.165, 1.54) is 6.07 Å². The molecule has 1 aliphatic heterocycles. The molecule has 2 N–H and O–H groups in total. The van der Waals surface area contributed by atoms with E-state index in [-0.39, 0.29) is 16.4 Å². The smallest absolute Gasteiger partial charge is 0.255 e. The number of halogens is 1. The topological polar surface area (TPSA) is 94.2 Å². The van der Waals surface area contributed by atoms with E-state index in [0.29, 0.717) is 34.0 Å². The first kappa shape index (κ1) is 24.8. The molecule has 3 heterocycles. The quantitative estimate of drug-likeness (QED) is 0.403. The molecule has 0 bridgehead atoms. The van der Waals surface area contributed by atoms with Gasteiger partial charge in [0.1, 0.15) is 5.82 Å². The second-order valence-electron chi connectivity index (χ2n) is 10.3. The van der Waals surface area contributed by atoms with Gasteiger partial charge < -0.3 is 15.2 Å². The monoisotopic (exact) mass is 502 g/mol. The summed E-state index contributed by atoms with van der Waals surface area (Å²) in [7, 11) is 0. The molecule has 2 aromatic carbocycles. The highest BCUT2D eigenvalue weighted by Gasteiger charge is 2.27. The van der Waals surface area contributed by atoms with E-state index < -0.39 is 17.3 Å². The summed E-state index contributed by atoms with van der Waals surface area (Å²) >= 11 is 0. The number of rotatable bonds is 5. The van der Waals surface area contributed by atoms with Crippen molar-refractivity contribution in [1.29, 1.82) is 0 Å². The van der Waals surface area contributed by atoms with Crippen LogP contribution in [-0.4, -0.2) is 58.0 Å². The average Bonchev–Trinajstić information content (AvgIpc) is 2.89. The number of aromatic amines is 1. The molecule has 1 saturated heterocycles. The first-order chi connectivity index (χ1) is 17.6. The lowest BCUT2D eigenvalue weighted by atomic mass is 9.96. The maximum atomic E-state index is 15.0. The number of anilines is 1. The van der Waals surface area contributed by atoms with Crippen molar-refractivity contribution < 1.29 is 9.18 Å². The number of piperazine rings is 1. The number of para-hydroxylation sites is 1. The molecule has 0 spiro atoms. The Labute approximate surface area is 214 Å². The Hall–Kier alpha value is -3.85. The van der Waals surface area contributed by atoms with Crippen LogP contribution < -0.4 is 15.6 Å². The zero-order valence-corrected chi connectivity index (χ0v) is 21.5. The van der Waals surface area contributed by atoms with Crippen molar-refractivity contribution >= 4 is 33.7 Å². The molecule has 8 nitrogen and oxygen atoms in total. The van der Waals surface area contributed by atoms with E-state index in [1.807, 2.05) is 19.9 Å². The van der Waals surface area contributed by atoms with E-state index in [1.54, 1.807) is 30.6 Å². The fourth-order valence-electron chi connectivity index (χ4n) is 4.79. The van der Waals surface area contributed by atoms with E-state index in [2.05, 4.69) is 43.9 Å². The predicted molar refractivity (Wildman–Crippen MR) is 143 cm³/mol. The lowest BCUT2D eigenvalue weighted by Crippen LogP contribution is -2.49. The highest BCUT2D eigenvalue weighted by molar-refractivity contribution is 6.00. The minimum absolute atomic E-state index is 0.146. The number of benzene rings is 2. The van der Waals surface area contributed by atoms with Crippen LogP contribution in [0.5, 0.6) is 0 Å². The first-order valence-corrected chi connectivity index (χ1v) is 12.5. The molecule has 2 aromatic heterocycles. The lowest BCUT2D eigenvalue weighted by molar-refractivity contribution is 0.0908. The molecule has 37 heavy (non-hydrogen) atoms. The standard InChI is InChI=1S/C28H31FN6O2/c1-17(2)34-9-11-35(12-10-34)27-30-15-18(16-31-27)28(3,4)33-26(37)20-14-24-21(13-22(20)29)25(36)19-7-5-6-8-23(19)32-24/h5-8,13-17H,9-12H2,1-4H3,(H,32,36)(H,33,37). The molecule has 1 amide bonds. The molecular formula is C28H31FN6O2. The molecule has 0 radical (unpaired) electrons. The van der Waals surface area contributed by atoms with Gasteiger partial charge in [0.25, 0.3) is 5.91 Å². The number of nitrogens with zero attached hydrogens (tertiary/aromatic N) is 4. The molecule has 4 aromatic rings. The van der Waals surface area contributed by atoms with Crippen LogP contribution in [0.15, 0.2) is 53.6 Å². The molecule has 5 rings (SSSR count). The third-order valence-corrected chi connectivity index (χ3v) is 7.15. The average molecular weight is 503 g/mol. The zero-order chi connectivity index (χ0) is 26.3. The Balaban J connectivity index is 1.35. The summed E-state index contributed by atoms with van der Waals surface area (Å²) in [5, 5.41) is 3.56. The molecule has 0 atom stereocenters. The summed E-state index contributed by atoms with van der Waals surface area (Å²) in [5.74, 6) is -0.688. The van der Waals surface area contributed by atoms with Crippen molar-refractivity contribution in [3.05, 3.63) is 76.0 Å². The summed E-state index contributed by atoms with van der Waals surface area (Å²) in [4.78, 5) is 42.8. The Morgan fingerprint density at radius 1 is 1.03 bits per heavy atom. The van der Waals surface area contributed by atoms with Gasteiger partial charge in [0.2, 0.25) is 5.95 Å². The molecular weight excluding hydrogens is 471 g/mol. The number of carbonyl (C=O) groups is 1. The van der Waals surface area contributed by atoms with Crippen LogP contribution in [0.3, 0.4) is 0 Å². The van der Waals surface area contributed by atoms with Gasteiger partial charge in [0.15, 0.2) is 5.43 Å². The highest BCUT2D eigenvalue weighted by atomic mass is 19.1. The van der Waals surface area contributed by atoms with Crippen molar-refractivity contribution in [3.8, 4) is 0 Å². The fourth-order valence-corrected chi connectivity index (χ4v) is 4.79. The van der Waals surface area contributed by atoms with Gasteiger partial charge in [0, 0.05) is 66.5 Å². The van der Waals surface area contributed by atoms with Crippen LogP contribution in [0, 0.1) is 5.82 Å². The third-order valence-electron chi connectivity index (χ3n) is 7.15. The fraction of sp³-hybridized carbons (Fsp3) is 0.357. The number of pyridine rings is 1. The summed E-state index contributed by atoms with van der Waals surface area (Å²) in [6, 6.07) is 10.1. The summed E-state index contributed by atoms with van der Waals surface area (Å²) in [6.07, 6.45) is 3.41. The summed E-state index contributed by atoms with van der Waals surface area (Å²) < 4.78 is 15.0. The lowest BCUT2D eigenvalue weighted by Gasteiger charge is -2.37. The molecule has 0 unspecified atom stereocenters. The van der Waals surface area contributed by atoms with Crippen molar-refractivity contribution in [1.82, 2.24) is 25.2 Å². The largest absolute Gasteiger partial charge is 0.354 e. The first-order valence-electron chi connectivity index (χ1n) is 12.5.